The van der Waals surface area contributed by atoms with E-state index in [1.165, 1.54) is 0 Å². The van der Waals surface area contributed by atoms with Crippen LogP contribution in [0.5, 0.6) is 0 Å². The lowest BCUT2D eigenvalue weighted by Crippen LogP contribution is -2.44. The Bertz CT molecular complexity index is 245. The SMILES string of the molecule is CCNC1COCC1C(=O)NC1CC1C. The molecule has 86 valence electrons. The van der Waals surface area contributed by atoms with Crippen molar-refractivity contribution in [2.75, 3.05) is 19.8 Å². The number of rotatable bonds is 4. The van der Waals surface area contributed by atoms with Gasteiger partial charge in [0.15, 0.2) is 0 Å². The van der Waals surface area contributed by atoms with Crippen LogP contribution in [0.25, 0.3) is 0 Å². The quantitative estimate of drug-likeness (QED) is 0.696. The zero-order valence-electron chi connectivity index (χ0n) is 9.45. The maximum Gasteiger partial charge on any atom is 0.227 e. The molecule has 1 saturated carbocycles. The molecule has 0 radical (unpaired) electrons. The van der Waals surface area contributed by atoms with Crippen LogP contribution in [-0.2, 0) is 9.53 Å². The zero-order valence-corrected chi connectivity index (χ0v) is 9.45. The third-order valence-corrected chi connectivity index (χ3v) is 3.32. The summed E-state index contributed by atoms with van der Waals surface area (Å²) in [7, 11) is 0. The molecule has 2 rings (SSSR count). The summed E-state index contributed by atoms with van der Waals surface area (Å²) in [5.41, 5.74) is 0. The Morgan fingerprint density at radius 1 is 1.40 bits per heavy atom. The monoisotopic (exact) mass is 212 g/mol. The highest BCUT2D eigenvalue weighted by atomic mass is 16.5. The van der Waals surface area contributed by atoms with Crippen LogP contribution >= 0.6 is 0 Å². The molecule has 0 spiro atoms. The zero-order chi connectivity index (χ0) is 10.8. The second-order valence-electron chi connectivity index (χ2n) is 4.64. The molecule has 1 aliphatic carbocycles. The van der Waals surface area contributed by atoms with Gasteiger partial charge in [0.05, 0.1) is 19.1 Å². The number of hydrogen-bond acceptors (Lipinski definition) is 3. The molecule has 1 heterocycles. The molecule has 4 atom stereocenters. The van der Waals surface area contributed by atoms with Gasteiger partial charge in [0.2, 0.25) is 5.91 Å². The summed E-state index contributed by atoms with van der Waals surface area (Å²) in [5.74, 6) is 0.819. The van der Waals surface area contributed by atoms with Crippen LogP contribution in [0.4, 0.5) is 0 Å². The summed E-state index contributed by atoms with van der Waals surface area (Å²) in [4.78, 5) is 11.9. The third kappa shape index (κ3) is 2.49. The van der Waals surface area contributed by atoms with Crippen LogP contribution in [-0.4, -0.2) is 37.7 Å². The van der Waals surface area contributed by atoms with Gasteiger partial charge in [-0.2, -0.15) is 0 Å². The summed E-state index contributed by atoms with van der Waals surface area (Å²) in [6, 6.07) is 0.615. The Hall–Kier alpha value is -0.610. The molecule has 4 unspecified atom stereocenters. The highest BCUT2D eigenvalue weighted by molar-refractivity contribution is 5.80. The highest BCUT2D eigenvalue weighted by Crippen LogP contribution is 2.29. The first-order valence-electron chi connectivity index (χ1n) is 5.84. The standard InChI is InChI=1S/C11H20N2O2/c1-3-12-10-6-15-5-8(10)11(14)13-9-4-7(9)2/h7-10,12H,3-6H2,1-2H3,(H,13,14). The van der Waals surface area contributed by atoms with Crippen molar-refractivity contribution in [3.05, 3.63) is 0 Å². The van der Waals surface area contributed by atoms with Crippen molar-refractivity contribution in [1.82, 2.24) is 10.6 Å². The maximum absolute atomic E-state index is 11.9. The summed E-state index contributed by atoms with van der Waals surface area (Å²) < 4.78 is 5.35. The normalized spacial score (nSPS) is 39.1. The molecule has 0 aromatic heterocycles. The first-order valence-corrected chi connectivity index (χ1v) is 5.84. The molecule has 4 nitrogen and oxygen atoms in total. The van der Waals surface area contributed by atoms with Gasteiger partial charge in [-0.05, 0) is 18.9 Å². The predicted molar refractivity (Wildman–Crippen MR) is 57.5 cm³/mol. The van der Waals surface area contributed by atoms with Gasteiger partial charge in [-0.25, -0.2) is 0 Å². The van der Waals surface area contributed by atoms with E-state index >= 15 is 0 Å². The first-order chi connectivity index (χ1) is 7.22. The molecule has 4 heteroatoms. The summed E-state index contributed by atoms with van der Waals surface area (Å²) >= 11 is 0. The Labute approximate surface area is 90.8 Å². The van der Waals surface area contributed by atoms with Crippen LogP contribution in [0.15, 0.2) is 0 Å². The molecular weight excluding hydrogens is 192 g/mol. The van der Waals surface area contributed by atoms with Crippen molar-refractivity contribution in [2.24, 2.45) is 11.8 Å². The van der Waals surface area contributed by atoms with Crippen LogP contribution in [0.3, 0.4) is 0 Å². The molecular formula is C11H20N2O2. The van der Waals surface area contributed by atoms with Gasteiger partial charge in [-0.15, -0.1) is 0 Å². The Balaban J connectivity index is 1.82. The van der Waals surface area contributed by atoms with E-state index in [9.17, 15) is 4.79 Å². The summed E-state index contributed by atoms with van der Waals surface area (Å²) in [6.45, 7) is 6.32. The van der Waals surface area contributed by atoms with Gasteiger partial charge in [-0.3, -0.25) is 4.79 Å². The van der Waals surface area contributed by atoms with Crippen LogP contribution in [0, 0.1) is 11.8 Å². The van der Waals surface area contributed by atoms with Crippen LogP contribution in [0.1, 0.15) is 20.3 Å². The van der Waals surface area contributed by atoms with Crippen LogP contribution < -0.4 is 10.6 Å². The van der Waals surface area contributed by atoms with Gasteiger partial charge in [-0.1, -0.05) is 13.8 Å². The number of hydrogen-bond donors (Lipinski definition) is 2. The minimum atomic E-state index is -0.00208. The Kier molecular flexibility index (Phi) is 3.26. The van der Waals surface area contributed by atoms with E-state index in [2.05, 4.69) is 24.5 Å². The fourth-order valence-electron chi connectivity index (χ4n) is 2.09. The van der Waals surface area contributed by atoms with Gasteiger partial charge in [0.1, 0.15) is 0 Å². The van der Waals surface area contributed by atoms with Crippen molar-refractivity contribution in [3.8, 4) is 0 Å². The Morgan fingerprint density at radius 2 is 2.13 bits per heavy atom. The number of ether oxygens (including phenoxy) is 1. The van der Waals surface area contributed by atoms with Crippen molar-refractivity contribution in [1.29, 1.82) is 0 Å². The first kappa shape index (κ1) is 10.9. The lowest BCUT2D eigenvalue weighted by molar-refractivity contribution is -0.125. The molecule has 1 aliphatic heterocycles. The molecule has 1 saturated heterocycles. The minimum Gasteiger partial charge on any atom is -0.379 e. The molecule has 2 N–H and O–H groups in total. The van der Waals surface area contributed by atoms with E-state index in [0.29, 0.717) is 25.2 Å². The lowest BCUT2D eigenvalue weighted by Gasteiger charge is -2.17. The maximum atomic E-state index is 11.9. The average Bonchev–Trinajstić information content (AvgIpc) is 2.72. The number of nitrogens with one attached hydrogen (secondary N) is 2. The van der Waals surface area contributed by atoms with E-state index in [-0.39, 0.29) is 17.9 Å². The van der Waals surface area contributed by atoms with Crippen molar-refractivity contribution in [3.63, 3.8) is 0 Å². The molecule has 1 amide bonds. The van der Waals surface area contributed by atoms with Gasteiger partial charge < -0.3 is 15.4 Å². The van der Waals surface area contributed by atoms with E-state index in [1.807, 2.05) is 0 Å². The Morgan fingerprint density at radius 3 is 2.73 bits per heavy atom. The minimum absolute atomic E-state index is 0.00208. The molecule has 15 heavy (non-hydrogen) atoms. The predicted octanol–water partition coefficient (Wildman–Crippen LogP) is 0.136. The fourth-order valence-corrected chi connectivity index (χ4v) is 2.09. The second-order valence-corrected chi connectivity index (χ2v) is 4.64. The topological polar surface area (TPSA) is 50.4 Å². The number of likely N-dealkylation sites (N-methyl/N-ethyl adjacent to an activating group) is 1. The highest BCUT2D eigenvalue weighted by Gasteiger charge is 2.39. The third-order valence-electron chi connectivity index (χ3n) is 3.32. The molecule has 0 aromatic rings. The largest absolute Gasteiger partial charge is 0.379 e. The number of carbonyl (C=O) groups is 1. The number of amides is 1. The lowest BCUT2D eigenvalue weighted by atomic mass is 10.0. The van der Waals surface area contributed by atoms with Gasteiger partial charge in [0.25, 0.3) is 0 Å². The smallest absolute Gasteiger partial charge is 0.227 e. The average molecular weight is 212 g/mol. The number of carbonyl (C=O) groups excluding carboxylic acids is 1. The van der Waals surface area contributed by atoms with E-state index in [0.717, 1.165) is 13.0 Å². The van der Waals surface area contributed by atoms with Gasteiger partial charge in [0, 0.05) is 12.1 Å². The molecule has 0 aromatic carbocycles. The fraction of sp³-hybridized carbons (Fsp3) is 0.909. The molecule has 2 aliphatic rings. The van der Waals surface area contributed by atoms with E-state index < -0.39 is 0 Å². The van der Waals surface area contributed by atoms with Crippen LogP contribution in [0.2, 0.25) is 0 Å². The summed E-state index contributed by atoms with van der Waals surface area (Å²) in [5, 5.41) is 6.37. The van der Waals surface area contributed by atoms with Gasteiger partial charge >= 0.3 is 0 Å². The van der Waals surface area contributed by atoms with Crippen molar-refractivity contribution in [2.45, 2.75) is 32.4 Å². The molecule has 2 fully saturated rings. The van der Waals surface area contributed by atoms with Crippen molar-refractivity contribution >= 4 is 5.91 Å². The second kappa shape index (κ2) is 4.49. The summed E-state index contributed by atoms with van der Waals surface area (Å²) in [6.07, 6.45) is 1.13. The van der Waals surface area contributed by atoms with E-state index in [1.54, 1.807) is 0 Å². The van der Waals surface area contributed by atoms with Crippen molar-refractivity contribution < 1.29 is 9.53 Å². The van der Waals surface area contributed by atoms with E-state index in [4.69, 9.17) is 4.74 Å². The molecule has 0 bridgehead atoms.